The zero-order chi connectivity index (χ0) is 12.2. The third-order valence-electron chi connectivity index (χ3n) is 2.80. The van der Waals surface area contributed by atoms with Gasteiger partial charge in [0.1, 0.15) is 0 Å². The van der Waals surface area contributed by atoms with Crippen LogP contribution in [0, 0.1) is 0 Å². The van der Waals surface area contributed by atoms with Crippen molar-refractivity contribution in [1.82, 2.24) is 5.32 Å². The van der Waals surface area contributed by atoms with Crippen LogP contribution in [0.25, 0.3) is 6.08 Å². The second-order valence-electron chi connectivity index (χ2n) is 4.39. The molecule has 0 amide bonds. The Morgan fingerprint density at radius 2 is 1.65 bits per heavy atom. The molecule has 1 aromatic rings. The molecular weight excluding hydrogens is 206 g/mol. The number of hydrogen-bond acceptors (Lipinski definition) is 1. The van der Waals surface area contributed by atoms with E-state index in [1.807, 2.05) is 6.07 Å². The van der Waals surface area contributed by atoms with Crippen molar-refractivity contribution in [2.75, 3.05) is 13.1 Å². The fourth-order valence-corrected chi connectivity index (χ4v) is 1.80. The smallest absolute Gasteiger partial charge is 0.00489 e. The number of allylic oxidation sites excluding steroid dienone is 1. The summed E-state index contributed by atoms with van der Waals surface area (Å²) in [6.07, 6.45) is 11.1. The molecule has 0 unspecified atom stereocenters. The molecule has 0 atom stereocenters. The topological polar surface area (TPSA) is 12.0 Å². The number of rotatable bonds is 2. The van der Waals surface area contributed by atoms with Gasteiger partial charge in [0.05, 0.1) is 0 Å². The maximum absolute atomic E-state index is 3.35. The first-order chi connectivity index (χ1) is 8.43. The molecule has 17 heavy (non-hydrogen) atoms. The normalized spacial score (nSPS) is 16.1. The zero-order valence-electron chi connectivity index (χ0n) is 11.0. The Morgan fingerprint density at radius 3 is 2.24 bits per heavy atom. The van der Waals surface area contributed by atoms with E-state index in [2.05, 4.69) is 48.7 Å². The quantitative estimate of drug-likeness (QED) is 0.802. The summed E-state index contributed by atoms with van der Waals surface area (Å²) in [5.74, 6) is 0. The molecule has 0 aromatic heterocycles. The Bertz CT molecular complexity index is 270. The summed E-state index contributed by atoms with van der Waals surface area (Å²) >= 11 is 0. The van der Waals surface area contributed by atoms with Gasteiger partial charge in [-0.25, -0.2) is 0 Å². The van der Waals surface area contributed by atoms with Crippen molar-refractivity contribution in [2.24, 2.45) is 0 Å². The predicted molar refractivity (Wildman–Crippen MR) is 77.1 cm³/mol. The first-order valence-corrected chi connectivity index (χ1v) is 6.86. The zero-order valence-corrected chi connectivity index (χ0v) is 11.0. The van der Waals surface area contributed by atoms with Gasteiger partial charge < -0.3 is 5.32 Å². The van der Waals surface area contributed by atoms with Gasteiger partial charge in [-0.3, -0.25) is 0 Å². The fourth-order valence-electron chi connectivity index (χ4n) is 1.80. The second kappa shape index (κ2) is 10.1. The van der Waals surface area contributed by atoms with E-state index >= 15 is 0 Å². The first-order valence-electron chi connectivity index (χ1n) is 6.86. The minimum atomic E-state index is 1.11. The van der Waals surface area contributed by atoms with Crippen molar-refractivity contribution < 1.29 is 0 Å². The standard InChI is InChI=1S/C10H12.C6H13N/c1-2-3-7-10-8-5-4-6-9-10;1-2-4-6-7-5-3-1/h3-9H,2H2,1H3;7H,1-6H2/b7-3+;. The van der Waals surface area contributed by atoms with Gasteiger partial charge in [-0.05, 0) is 37.9 Å². The summed E-state index contributed by atoms with van der Waals surface area (Å²) in [5, 5.41) is 3.35. The molecule has 1 heterocycles. The van der Waals surface area contributed by atoms with E-state index in [1.165, 1.54) is 44.3 Å². The number of nitrogens with one attached hydrogen (secondary N) is 1. The molecule has 0 saturated carbocycles. The van der Waals surface area contributed by atoms with Crippen LogP contribution >= 0.6 is 0 Å². The molecule has 94 valence electrons. The number of benzene rings is 1. The molecule has 0 spiro atoms. The molecule has 2 rings (SSSR count). The van der Waals surface area contributed by atoms with E-state index in [9.17, 15) is 0 Å². The van der Waals surface area contributed by atoms with Gasteiger partial charge in [0.2, 0.25) is 0 Å². The molecular formula is C16H25N. The molecule has 0 radical (unpaired) electrons. The highest BCUT2D eigenvalue weighted by Gasteiger charge is 1.94. The second-order valence-corrected chi connectivity index (χ2v) is 4.39. The average molecular weight is 231 g/mol. The first kappa shape index (κ1) is 14.0. The van der Waals surface area contributed by atoms with Gasteiger partial charge in [-0.2, -0.15) is 0 Å². The van der Waals surface area contributed by atoms with Gasteiger partial charge in [0.25, 0.3) is 0 Å². The summed E-state index contributed by atoms with van der Waals surface area (Å²) in [4.78, 5) is 0. The Kier molecular flexibility index (Phi) is 8.31. The molecule has 1 nitrogen and oxygen atoms in total. The van der Waals surface area contributed by atoms with Crippen molar-refractivity contribution in [3.05, 3.63) is 42.0 Å². The molecule has 1 saturated heterocycles. The monoisotopic (exact) mass is 231 g/mol. The van der Waals surface area contributed by atoms with E-state index in [1.54, 1.807) is 0 Å². The lowest BCUT2D eigenvalue weighted by Crippen LogP contribution is -2.12. The molecule has 1 N–H and O–H groups in total. The molecule has 0 bridgehead atoms. The van der Waals surface area contributed by atoms with Gasteiger partial charge in [-0.1, -0.05) is 62.2 Å². The maximum atomic E-state index is 3.35. The van der Waals surface area contributed by atoms with Crippen LogP contribution in [0.5, 0.6) is 0 Å². The van der Waals surface area contributed by atoms with Gasteiger partial charge in [0, 0.05) is 0 Å². The Labute approximate surface area is 106 Å². The van der Waals surface area contributed by atoms with Gasteiger partial charge in [0.15, 0.2) is 0 Å². The molecule has 1 aliphatic heterocycles. The van der Waals surface area contributed by atoms with Gasteiger partial charge >= 0.3 is 0 Å². The van der Waals surface area contributed by atoms with Crippen molar-refractivity contribution in [2.45, 2.75) is 39.0 Å². The summed E-state index contributed by atoms with van der Waals surface area (Å²) in [6, 6.07) is 10.3. The maximum Gasteiger partial charge on any atom is -0.00489 e. The highest BCUT2D eigenvalue weighted by molar-refractivity contribution is 5.48. The molecule has 1 fully saturated rings. The van der Waals surface area contributed by atoms with E-state index in [0.29, 0.717) is 0 Å². The Morgan fingerprint density at radius 1 is 1.00 bits per heavy atom. The van der Waals surface area contributed by atoms with E-state index in [-0.39, 0.29) is 0 Å². The van der Waals surface area contributed by atoms with Gasteiger partial charge in [-0.15, -0.1) is 0 Å². The summed E-state index contributed by atoms with van der Waals surface area (Å²) in [6.45, 7) is 4.64. The Hall–Kier alpha value is -1.08. The molecule has 1 heteroatoms. The number of hydrogen-bond donors (Lipinski definition) is 1. The van der Waals surface area contributed by atoms with Crippen molar-refractivity contribution in [3.8, 4) is 0 Å². The molecule has 0 aliphatic carbocycles. The van der Waals surface area contributed by atoms with Crippen LogP contribution in [0.15, 0.2) is 36.4 Å². The van der Waals surface area contributed by atoms with Crippen LogP contribution in [0.1, 0.15) is 44.6 Å². The lowest BCUT2D eigenvalue weighted by molar-refractivity contribution is 0.702. The van der Waals surface area contributed by atoms with E-state index in [4.69, 9.17) is 0 Å². The molecule has 1 aliphatic rings. The van der Waals surface area contributed by atoms with Crippen molar-refractivity contribution in [1.29, 1.82) is 0 Å². The molecule has 1 aromatic carbocycles. The summed E-state index contributed by atoms with van der Waals surface area (Å²) in [5.41, 5.74) is 1.28. The fraction of sp³-hybridized carbons (Fsp3) is 0.500. The Balaban J connectivity index is 0.000000181. The predicted octanol–water partition coefficient (Wildman–Crippen LogP) is 4.26. The SMILES string of the molecule is C1CCCNCC1.CC/C=C/c1ccccc1. The van der Waals surface area contributed by atoms with Crippen LogP contribution < -0.4 is 5.32 Å². The van der Waals surface area contributed by atoms with Crippen LogP contribution in [0.4, 0.5) is 0 Å². The highest BCUT2D eigenvalue weighted by Crippen LogP contribution is 2.01. The van der Waals surface area contributed by atoms with Crippen LogP contribution in [0.3, 0.4) is 0 Å². The lowest BCUT2D eigenvalue weighted by Gasteiger charge is -1.91. The minimum absolute atomic E-state index is 1.11. The van der Waals surface area contributed by atoms with Crippen molar-refractivity contribution in [3.63, 3.8) is 0 Å². The largest absolute Gasteiger partial charge is 0.317 e. The van der Waals surface area contributed by atoms with E-state index < -0.39 is 0 Å². The highest BCUT2D eigenvalue weighted by atomic mass is 14.8. The lowest BCUT2D eigenvalue weighted by atomic mass is 10.2. The minimum Gasteiger partial charge on any atom is -0.317 e. The third-order valence-corrected chi connectivity index (χ3v) is 2.80. The van der Waals surface area contributed by atoms with Crippen LogP contribution in [0.2, 0.25) is 0 Å². The third kappa shape index (κ3) is 7.76. The van der Waals surface area contributed by atoms with Crippen LogP contribution in [-0.4, -0.2) is 13.1 Å². The average Bonchev–Trinajstić information content (AvgIpc) is 2.70. The summed E-state index contributed by atoms with van der Waals surface area (Å²) < 4.78 is 0. The van der Waals surface area contributed by atoms with Crippen LogP contribution in [-0.2, 0) is 0 Å². The van der Waals surface area contributed by atoms with E-state index in [0.717, 1.165) is 6.42 Å². The van der Waals surface area contributed by atoms with Crippen molar-refractivity contribution >= 4 is 6.08 Å². The summed E-state index contributed by atoms with van der Waals surface area (Å²) in [7, 11) is 0.